The molecule has 0 atom stereocenters. The standard InChI is InChI=1S/C8H11N5O/c1-8(2,3)12-5-10-6-9-4-11-13(6)7(12)14/h4-5H,1-3H3. The van der Waals surface area contributed by atoms with E-state index in [9.17, 15) is 4.79 Å². The van der Waals surface area contributed by atoms with Crippen LogP contribution >= 0.6 is 0 Å². The zero-order valence-electron chi connectivity index (χ0n) is 8.30. The maximum absolute atomic E-state index is 11.8. The topological polar surface area (TPSA) is 65.1 Å². The second-order valence-corrected chi connectivity index (χ2v) is 4.04. The lowest BCUT2D eigenvalue weighted by Crippen LogP contribution is -2.37. The van der Waals surface area contributed by atoms with Gasteiger partial charge in [0, 0.05) is 5.54 Å². The van der Waals surface area contributed by atoms with Gasteiger partial charge in [0.2, 0.25) is 0 Å². The molecule has 0 fully saturated rings. The van der Waals surface area contributed by atoms with E-state index in [0.717, 1.165) is 0 Å². The maximum Gasteiger partial charge on any atom is 0.353 e. The van der Waals surface area contributed by atoms with Gasteiger partial charge in [-0.25, -0.2) is 9.78 Å². The molecule has 2 aromatic heterocycles. The summed E-state index contributed by atoms with van der Waals surface area (Å²) in [6, 6.07) is 0. The van der Waals surface area contributed by atoms with Crippen molar-refractivity contribution in [2.45, 2.75) is 26.3 Å². The molecule has 0 saturated carbocycles. The van der Waals surface area contributed by atoms with Gasteiger partial charge in [-0.15, -0.1) is 9.61 Å². The van der Waals surface area contributed by atoms with Crippen molar-refractivity contribution < 1.29 is 0 Å². The van der Waals surface area contributed by atoms with Crippen LogP contribution in [-0.2, 0) is 5.54 Å². The van der Waals surface area contributed by atoms with E-state index in [1.165, 1.54) is 21.7 Å². The Kier molecular flexibility index (Phi) is 1.67. The van der Waals surface area contributed by atoms with Crippen LogP contribution < -0.4 is 5.69 Å². The van der Waals surface area contributed by atoms with Crippen LogP contribution in [0.3, 0.4) is 0 Å². The van der Waals surface area contributed by atoms with E-state index in [4.69, 9.17) is 0 Å². The van der Waals surface area contributed by atoms with Crippen LogP contribution in [-0.4, -0.2) is 24.1 Å². The Labute approximate surface area is 80.2 Å². The minimum Gasteiger partial charge on any atom is -0.277 e. The third-order valence-corrected chi connectivity index (χ3v) is 1.93. The van der Waals surface area contributed by atoms with Crippen molar-refractivity contribution in [3.63, 3.8) is 0 Å². The Balaban J connectivity index is 2.81. The van der Waals surface area contributed by atoms with Gasteiger partial charge < -0.3 is 0 Å². The van der Waals surface area contributed by atoms with Crippen LogP contribution in [0.4, 0.5) is 0 Å². The molecule has 74 valence electrons. The quantitative estimate of drug-likeness (QED) is 0.592. The van der Waals surface area contributed by atoms with Crippen LogP contribution in [0, 0.1) is 0 Å². The Morgan fingerprint density at radius 3 is 2.64 bits per heavy atom. The number of rotatable bonds is 0. The van der Waals surface area contributed by atoms with Gasteiger partial charge in [0.05, 0.1) is 0 Å². The van der Waals surface area contributed by atoms with E-state index < -0.39 is 0 Å². The molecule has 0 radical (unpaired) electrons. The molecule has 6 nitrogen and oxygen atoms in total. The van der Waals surface area contributed by atoms with E-state index in [1.54, 1.807) is 0 Å². The predicted octanol–water partition coefficient (Wildman–Crippen LogP) is 0.0410. The van der Waals surface area contributed by atoms with Crippen LogP contribution in [0.1, 0.15) is 20.8 Å². The van der Waals surface area contributed by atoms with Crippen LogP contribution in [0.5, 0.6) is 0 Å². The summed E-state index contributed by atoms with van der Waals surface area (Å²) >= 11 is 0. The highest BCUT2D eigenvalue weighted by Crippen LogP contribution is 2.08. The average molecular weight is 193 g/mol. The molecule has 0 aliphatic rings. The Morgan fingerprint density at radius 1 is 1.29 bits per heavy atom. The van der Waals surface area contributed by atoms with Crippen LogP contribution in [0.2, 0.25) is 0 Å². The molecule has 0 N–H and O–H groups in total. The summed E-state index contributed by atoms with van der Waals surface area (Å²) < 4.78 is 2.71. The second-order valence-electron chi connectivity index (χ2n) is 4.04. The van der Waals surface area contributed by atoms with E-state index >= 15 is 0 Å². The third-order valence-electron chi connectivity index (χ3n) is 1.93. The highest BCUT2D eigenvalue weighted by atomic mass is 16.2. The molecule has 2 heterocycles. The largest absolute Gasteiger partial charge is 0.353 e. The minimum absolute atomic E-state index is 0.222. The molecule has 0 aromatic carbocycles. The summed E-state index contributed by atoms with van der Waals surface area (Å²) in [4.78, 5) is 19.7. The molecular weight excluding hydrogens is 182 g/mol. The van der Waals surface area contributed by atoms with E-state index in [1.807, 2.05) is 20.8 Å². The summed E-state index contributed by atoms with van der Waals surface area (Å²) in [5, 5.41) is 3.80. The lowest BCUT2D eigenvalue weighted by Gasteiger charge is -2.20. The first-order chi connectivity index (χ1) is 6.50. The third kappa shape index (κ3) is 1.19. The molecule has 0 amide bonds. The van der Waals surface area contributed by atoms with Crippen molar-refractivity contribution >= 4 is 5.78 Å². The van der Waals surface area contributed by atoms with Gasteiger partial charge in [0.1, 0.15) is 12.7 Å². The second kappa shape index (κ2) is 2.63. The number of hydrogen-bond acceptors (Lipinski definition) is 4. The fraction of sp³-hybridized carbons (Fsp3) is 0.500. The van der Waals surface area contributed by atoms with Crippen molar-refractivity contribution in [3.05, 3.63) is 23.1 Å². The van der Waals surface area contributed by atoms with Crippen molar-refractivity contribution in [1.29, 1.82) is 0 Å². The summed E-state index contributed by atoms with van der Waals surface area (Å²) in [6.07, 6.45) is 2.81. The molecule has 14 heavy (non-hydrogen) atoms. The monoisotopic (exact) mass is 193 g/mol. The number of aromatic nitrogens is 5. The average Bonchev–Trinajstić information content (AvgIpc) is 2.50. The summed E-state index contributed by atoms with van der Waals surface area (Å²) in [7, 11) is 0. The number of fused-ring (bicyclic) bond motifs is 1. The van der Waals surface area contributed by atoms with E-state index in [2.05, 4.69) is 15.1 Å². The van der Waals surface area contributed by atoms with Crippen molar-refractivity contribution in [1.82, 2.24) is 24.1 Å². The lowest BCUT2D eigenvalue weighted by atomic mass is 10.1. The highest BCUT2D eigenvalue weighted by Gasteiger charge is 2.16. The first kappa shape index (κ1) is 8.86. The van der Waals surface area contributed by atoms with Gasteiger partial charge in [0.15, 0.2) is 0 Å². The molecule has 0 saturated heterocycles. The number of nitrogens with zero attached hydrogens (tertiary/aromatic N) is 5. The van der Waals surface area contributed by atoms with Gasteiger partial charge >= 0.3 is 5.69 Å². The molecule has 2 aromatic rings. The maximum atomic E-state index is 11.8. The number of hydrogen-bond donors (Lipinski definition) is 0. The molecular formula is C8H11N5O. The zero-order valence-corrected chi connectivity index (χ0v) is 8.30. The Hall–Kier alpha value is -1.72. The van der Waals surface area contributed by atoms with Crippen molar-refractivity contribution in [2.75, 3.05) is 0 Å². The van der Waals surface area contributed by atoms with Gasteiger partial charge in [-0.2, -0.15) is 4.98 Å². The smallest absolute Gasteiger partial charge is 0.277 e. The van der Waals surface area contributed by atoms with Crippen molar-refractivity contribution in [2.24, 2.45) is 0 Å². The van der Waals surface area contributed by atoms with Gasteiger partial charge in [-0.05, 0) is 20.8 Å². The van der Waals surface area contributed by atoms with E-state index in [-0.39, 0.29) is 11.2 Å². The SMILES string of the molecule is CC(C)(C)n1cnc2ncnn2c1=O. The molecule has 0 unspecified atom stereocenters. The molecule has 0 bridgehead atoms. The Morgan fingerprint density at radius 2 is 2.00 bits per heavy atom. The minimum atomic E-state index is -0.301. The van der Waals surface area contributed by atoms with Crippen LogP contribution in [0.15, 0.2) is 17.4 Å². The molecule has 2 rings (SSSR count). The predicted molar refractivity (Wildman–Crippen MR) is 50.0 cm³/mol. The lowest BCUT2D eigenvalue weighted by molar-refractivity contribution is 0.367. The summed E-state index contributed by atoms with van der Waals surface area (Å²) in [6.45, 7) is 5.79. The van der Waals surface area contributed by atoms with Crippen molar-refractivity contribution in [3.8, 4) is 0 Å². The summed E-state index contributed by atoms with van der Waals surface area (Å²) in [5.41, 5.74) is -0.524. The first-order valence-corrected chi connectivity index (χ1v) is 4.28. The fourth-order valence-corrected chi connectivity index (χ4v) is 1.18. The van der Waals surface area contributed by atoms with Gasteiger partial charge in [-0.1, -0.05) is 0 Å². The Bertz CT molecular complexity index is 518. The molecule has 0 aliphatic heterocycles. The highest BCUT2D eigenvalue weighted by molar-refractivity contribution is 5.20. The van der Waals surface area contributed by atoms with E-state index in [0.29, 0.717) is 5.78 Å². The fourth-order valence-electron chi connectivity index (χ4n) is 1.18. The molecule has 6 heteroatoms. The molecule has 0 spiro atoms. The zero-order chi connectivity index (χ0) is 10.3. The normalized spacial score (nSPS) is 12.2. The van der Waals surface area contributed by atoms with Gasteiger partial charge in [0.25, 0.3) is 5.78 Å². The summed E-state index contributed by atoms with van der Waals surface area (Å²) in [5.74, 6) is 0.329. The first-order valence-electron chi connectivity index (χ1n) is 4.28. The van der Waals surface area contributed by atoms with Gasteiger partial charge in [-0.3, -0.25) is 4.57 Å². The van der Waals surface area contributed by atoms with Crippen LogP contribution in [0.25, 0.3) is 5.78 Å². The molecule has 0 aliphatic carbocycles.